The van der Waals surface area contributed by atoms with Crippen LogP contribution in [0.5, 0.6) is 0 Å². The molecule has 0 N–H and O–H groups in total. The number of hydrogen-bond acceptors (Lipinski definition) is 6. The summed E-state index contributed by atoms with van der Waals surface area (Å²) in [5.74, 6) is -0.802. The van der Waals surface area contributed by atoms with Gasteiger partial charge in [-0.1, -0.05) is 0 Å². The Morgan fingerprint density at radius 2 is 1.89 bits per heavy atom. The average molecular weight is 479 g/mol. The number of benzene rings is 1. The minimum Gasteiger partial charge on any atom is -0.375 e. The molecule has 0 amide bonds. The second-order valence-electron chi connectivity index (χ2n) is 9.10. The normalized spacial score (nSPS) is 17.9. The Morgan fingerprint density at radius 3 is 2.57 bits per heavy atom. The molecule has 7 nitrogen and oxygen atoms in total. The van der Waals surface area contributed by atoms with Gasteiger partial charge in [0.05, 0.1) is 24.4 Å². The van der Waals surface area contributed by atoms with E-state index in [2.05, 4.69) is 20.1 Å². The van der Waals surface area contributed by atoms with Crippen LogP contribution >= 0.6 is 0 Å². The molecule has 35 heavy (non-hydrogen) atoms. The van der Waals surface area contributed by atoms with Crippen LogP contribution in [0.2, 0.25) is 0 Å². The molecule has 1 saturated carbocycles. The first-order valence-electron chi connectivity index (χ1n) is 11.9. The van der Waals surface area contributed by atoms with Crippen molar-refractivity contribution in [2.24, 2.45) is 0 Å². The predicted molar refractivity (Wildman–Crippen MR) is 130 cm³/mol. The van der Waals surface area contributed by atoms with Gasteiger partial charge in [0.2, 0.25) is 5.95 Å². The van der Waals surface area contributed by atoms with Gasteiger partial charge in [0.15, 0.2) is 5.65 Å². The second kappa shape index (κ2) is 9.65. The van der Waals surface area contributed by atoms with E-state index in [0.717, 1.165) is 23.4 Å². The van der Waals surface area contributed by atoms with Crippen LogP contribution in [0.15, 0.2) is 42.7 Å². The molecule has 1 aromatic carbocycles. The van der Waals surface area contributed by atoms with Crippen LogP contribution in [0.4, 0.5) is 14.7 Å². The van der Waals surface area contributed by atoms with Crippen molar-refractivity contribution in [1.29, 1.82) is 0 Å². The Balaban J connectivity index is 0.000000265. The summed E-state index contributed by atoms with van der Waals surface area (Å²) >= 11 is 0. The number of hydrogen-bond donors (Lipinski definition) is 0. The number of fused-ring (bicyclic) bond motifs is 1. The van der Waals surface area contributed by atoms with Gasteiger partial charge < -0.3 is 9.64 Å². The van der Waals surface area contributed by atoms with Gasteiger partial charge >= 0.3 is 0 Å². The largest absolute Gasteiger partial charge is 0.375 e. The molecule has 2 fully saturated rings. The van der Waals surface area contributed by atoms with Gasteiger partial charge in [0.1, 0.15) is 11.6 Å². The van der Waals surface area contributed by atoms with E-state index in [-0.39, 0.29) is 11.7 Å². The molecule has 6 rings (SSSR count). The zero-order valence-electron chi connectivity index (χ0n) is 20.1. The fourth-order valence-electron chi connectivity index (χ4n) is 4.10. The van der Waals surface area contributed by atoms with Crippen molar-refractivity contribution in [2.75, 3.05) is 24.6 Å². The van der Waals surface area contributed by atoms with E-state index in [4.69, 9.17) is 4.74 Å². The lowest BCUT2D eigenvalue weighted by molar-refractivity contribution is 0.0526. The van der Waals surface area contributed by atoms with E-state index in [1.165, 1.54) is 25.0 Å². The Kier molecular flexibility index (Phi) is 6.42. The number of morpholine rings is 1. The zero-order valence-corrected chi connectivity index (χ0v) is 20.1. The van der Waals surface area contributed by atoms with Gasteiger partial charge in [0, 0.05) is 48.2 Å². The SMILES string of the molecule is Cc1cc2c(-c3ccc(F)cc3F)nc(N3CCOC(C)C3)nc2nc1C.c1cnn(C2CC2)c1. The molecule has 1 aliphatic carbocycles. The summed E-state index contributed by atoms with van der Waals surface area (Å²) in [6.45, 7) is 7.69. The predicted octanol–water partition coefficient (Wildman–Crippen LogP) is 5.03. The summed E-state index contributed by atoms with van der Waals surface area (Å²) in [4.78, 5) is 15.9. The van der Waals surface area contributed by atoms with E-state index in [1.54, 1.807) is 0 Å². The summed E-state index contributed by atoms with van der Waals surface area (Å²) in [5, 5.41) is 4.74. The van der Waals surface area contributed by atoms with Gasteiger partial charge in [0.25, 0.3) is 0 Å². The Morgan fingerprint density at radius 1 is 1.06 bits per heavy atom. The number of rotatable bonds is 3. The molecule has 0 spiro atoms. The minimum absolute atomic E-state index is 0.0526. The van der Waals surface area contributed by atoms with Gasteiger partial charge in [-0.15, -0.1) is 0 Å². The number of pyridine rings is 1. The average Bonchev–Trinajstić information content (AvgIpc) is 3.54. The topological polar surface area (TPSA) is 69.0 Å². The fraction of sp³-hybridized carbons (Fsp3) is 0.385. The van der Waals surface area contributed by atoms with E-state index >= 15 is 0 Å². The van der Waals surface area contributed by atoms with Gasteiger partial charge in [-0.05, 0) is 63.4 Å². The van der Waals surface area contributed by atoms with Crippen molar-refractivity contribution < 1.29 is 13.5 Å². The summed E-state index contributed by atoms with van der Waals surface area (Å²) in [5.41, 5.74) is 2.97. The molecule has 1 atom stereocenters. The number of aromatic nitrogens is 5. The molecule has 1 unspecified atom stereocenters. The van der Waals surface area contributed by atoms with Gasteiger partial charge in [-0.2, -0.15) is 10.1 Å². The number of halogens is 2. The van der Waals surface area contributed by atoms with Crippen molar-refractivity contribution in [3.05, 3.63) is 65.6 Å². The van der Waals surface area contributed by atoms with Crippen LogP contribution < -0.4 is 4.90 Å². The molecule has 4 heterocycles. The maximum atomic E-state index is 14.5. The summed E-state index contributed by atoms with van der Waals surface area (Å²) in [6, 6.07) is 8.13. The number of anilines is 1. The van der Waals surface area contributed by atoms with E-state index in [9.17, 15) is 8.78 Å². The molecular weight excluding hydrogens is 450 g/mol. The lowest BCUT2D eigenvalue weighted by Gasteiger charge is -2.31. The highest BCUT2D eigenvalue weighted by Crippen LogP contribution is 2.33. The third-order valence-electron chi connectivity index (χ3n) is 6.27. The standard InChI is InChI=1S/C20H20F2N4O.C6H8N2/c1-11-8-16-18(15-5-4-14(21)9-17(15)22)24-20(25-19(16)23-13(11)3)26-6-7-27-12(2)10-26;1-4-7-8(5-1)6-2-3-6/h4-5,8-9,12H,6-7,10H2,1-3H3;1,4-6H,2-3H2. The Hall–Kier alpha value is -3.46. The molecule has 2 aliphatic rings. The molecule has 0 radical (unpaired) electrons. The fourth-order valence-corrected chi connectivity index (χ4v) is 4.10. The molecular formula is C26H28F2N6O. The number of nitrogens with zero attached hydrogens (tertiary/aromatic N) is 6. The van der Waals surface area contributed by atoms with Crippen molar-refractivity contribution in [3.8, 4) is 11.3 Å². The molecule has 182 valence electrons. The quantitative estimate of drug-likeness (QED) is 0.411. The lowest BCUT2D eigenvalue weighted by atomic mass is 10.1. The Bertz CT molecular complexity index is 1340. The van der Waals surface area contributed by atoms with E-state index in [0.29, 0.717) is 42.4 Å². The molecule has 1 aliphatic heterocycles. The van der Waals surface area contributed by atoms with Crippen molar-refractivity contribution >= 4 is 17.0 Å². The second-order valence-corrected chi connectivity index (χ2v) is 9.10. The minimum atomic E-state index is -0.658. The molecule has 1 saturated heterocycles. The monoisotopic (exact) mass is 478 g/mol. The summed E-state index contributed by atoms with van der Waals surface area (Å²) in [7, 11) is 0. The van der Waals surface area contributed by atoms with Crippen molar-refractivity contribution in [1.82, 2.24) is 24.7 Å². The first-order valence-corrected chi connectivity index (χ1v) is 11.9. The molecule has 0 bridgehead atoms. The van der Waals surface area contributed by atoms with Gasteiger partial charge in [-0.25, -0.2) is 18.7 Å². The van der Waals surface area contributed by atoms with Gasteiger partial charge in [-0.3, -0.25) is 4.68 Å². The third kappa shape index (κ3) is 5.14. The lowest BCUT2D eigenvalue weighted by Crippen LogP contribution is -2.42. The Labute approximate surface area is 202 Å². The number of aryl methyl sites for hydroxylation is 2. The molecule has 9 heteroatoms. The molecule has 3 aromatic heterocycles. The molecule has 4 aromatic rings. The van der Waals surface area contributed by atoms with Crippen molar-refractivity contribution in [3.63, 3.8) is 0 Å². The maximum absolute atomic E-state index is 14.5. The van der Waals surface area contributed by atoms with Crippen LogP contribution in [-0.4, -0.2) is 50.5 Å². The number of ether oxygens (including phenoxy) is 1. The van der Waals surface area contributed by atoms with Crippen LogP contribution in [0.3, 0.4) is 0 Å². The van der Waals surface area contributed by atoms with Crippen molar-refractivity contribution in [2.45, 2.75) is 45.8 Å². The zero-order chi connectivity index (χ0) is 24.5. The highest BCUT2D eigenvalue weighted by molar-refractivity contribution is 5.92. The summed E-state index contributed by atoms with van der Waals surface area (Å²) < 4.78 is 35.5. The third-order valence-corrected chi connectivity index (χ3v) is 6.27. The summed E-state index contributed by atoms with van der Waals surface area (Å²) in [6.07, 6.45) is 6.55. The van der Waals surface area contributed by atoms with E-state index < -0.39 is 11.6 Å². The van der Waals surface area contributed by atoms with Crippen LogP contribution in [-0.2, 0) is 4.74 Å². The maximum Gasteiger partial charge on any atom is 0.228 e. The smallest absolute Gasteiger partial charge is 0.228 e. The van der Waals surface area contributed by atoms with Crippen LogP contribution in [0.1, 0.15) is 37.1 Å². The first kappa shape index (κ1) is 23.3. The highest BCUT2D eigenvalue weighted by Gasteiger charge is 2.23. The van der Waals surface area contributed by atoms with Crippen LogP contribution in [0, 0.1) is 25.5 Å². The first-order chi connectivity index (χ1) is 16.9. The van der Waals surface area contributed by atoms with E-state index in [1.807, 2.05) is 54.9 Å². The van der Waals surface area contributed by atoms with Crippen LogP contribution in [0.25, 0.3) is 22.3 Å². The highest BCUT2D eigenvalue weighted by atomic mass is 19.1.